The molecule has 0 unspecified atom stereocenters. The molecule has 2 aliphatic rings. The molecule has 4 heteroatoms. The van der Waals surface area contributed by atoms with E-state index in [-0.39, 0.29) is 24.5 Å². The molecule has 2 heterocycles. The Morgan fingerprint density at radius 1 is 1.50 bits per heavy atom. The van der Waals surface area contributed by atoms with Crippen LogP contribution in [0.25, 0.3) is 0 Å². The predicted molar refractivity (Wildman–Crippen MR) is 40.3 cm³/mol. The van der Waals surface area contributed by atoms with Crippen molar-refractivity contribution in [2.24, 2.45) is 0 Å². The third-order valence-corrected chi connectivity index (χ3v) is 2.43. The Bertz CT molecular complexity index is 259. The molecule has 0 aromatic rings. The quantitative estimate of drug-likeness (QED) is 0.476. The highest BCUT2D eigenvalue weighted by Crippen LogP contribution is 2.30. The van der Waals surface area contributed by atoms with Crippen LogP contribution in [-0.4, -0.2) is 35.0 Å². The monoisotopic (exact) mass is 169 g/mol. The number of Topliss-reactive ketones (excluding diaryl/α,β-unsaturated/α-hetero) is 1. The fraction of sp³-hybridized carbons (Fsp3) is 0.750. The summed E-state index contributed by atoms with van der Waals surface area (Å²) in [5.41, 5.74) is -0.706. The summed E-state index contributed by atoms with van der Waals surface area (Å²) in [4.78, 5) is 23.7. The summed E-state index contributed by atoms with van der Waals surface area (Å²) in [6.07, 6.45) is 0.279. The second kappa shape index (κ2) is 2.07. The maximum atomic E-state index is 11.3. The van der Waals surface area contributed by atoms with E-state index < -0.39 is 5.60 Å². The van der Waals surface area contributed by atoms with Crippen molar-refractivity contribution in [2.45, 2.75) is 32.1 Å². The smallest absolute Gasteiger partial charge is 0.229 e. The first-order valence-electron chi connectivity index (χ1n) is 4.01. The standard InChI is InChI=1S/C8H11NO3/c1-8(2)5(10)4-9-6(11)3-7(9)12-8/h7H,3-4H2,1-2H3/t7-/m1/s1. The van der Waals surface area contributed by atoms with E-state index in [0.29, 0.717) is 6.42 Å². The van der Waals surface area contributed by atoms with Crippen molar-refractivity contribution in [1.29, 1.82) is 0 Å². The van der Waals surface area contributed by atoms with Crippen LogP contribution in [0, 0.1) is 0 Å². The Morgan fingerprint density at radius 3 is 2.75 bits per heavy atom. The van der Waals surface area contributed by atoms with Gasteiger partial charge in [-0.2, -0.15) is 0 Å². The van der Waals surface area contributed by atoms with E-state index >= 15 is 0 Å². The minimum absolute atomic E-state index is 0.0175. The third-order valence-electron chi connectivity index (χ3n) is 2.43. The van der Waals surface area contributed by atoms with Crippen LogP contribution >= 0.6 is 0 Å². The van der Waals surface area contributed by atoms with Gasteiger partial charge >= 0.3 is 0 Å². The second-order valence-electron chi connectivity index (χ2n) is 3.73. The van der Waals surface area contributed by atoms with Gasteiger partial charge in [0.25, 0.3) is 0 Å². The highest BCUT2D eigenvalue weighted by Gasteiger charge is 2.48. The maximum absolute atomic E-state index is 11.3. The Labute approximate surface area is 70.5 Å². The lowest BCUT2D eigenvalue weighted by molar-refractivity contribution is -0.217. The lowest BCUT2D eigenvalue weighted by Gasteiger charge is -2.48. The fourth-order valence-corrected chi connectivity index (χ4v) is 1.47. The van der Waals surface area contributed by atoms with E-state index in [4.69, 9.17) is 4.74 Å². The molecule has 0 N–H and O–H groups in total. The average Bonchev–Trinajstić information content (AvgIpc) is 1.96. The van der Waals surface area contributed by atoms with Crippen molar-refractivity contribution < 1.29 is 14.3 Å². The number of β-lactam (4-membered cyclic amide) rings is 1. The van der Waals surface area contributed by atoms with Crippen molar-refractivity contribution in [3.63, 3.8) is 0 Å². The molecule has 0 bridgehead atoms. The zero-order chi connectivity index (χ0) is 8.93. The summed E-state index contributed by atoms with van der Waals surface area (Å²) in [5.74, 6) is -0.00403. The molecular formula is C8H11NO3. The van der Waals surface area contributed by atoms with Crippen molar-refractivity contribution in [2.75, 3.05) is 6.54 Å². The highest BCUT2D eigenvalue weighted by atomic mass is 16.5. The molecular weight excluding hydrogens is 158 g/mol. The summed E-state index contributed by atoms with van der Waals surface area (Å²) in [6, 6.07) is 0. The van der Waals surface area contributed by atoms with Crippen LogP contribution in [0.4, 0.5) is 0 Å². The molecule has 0 saturated carbocycles. The molecule has 4 nitrogen and oxygen atoms in total. The van der Waals surface area contributed by atoms with E-state index in [1.54, 1.807) is 13.8 Å². The molecule has 2 saturated heterocycles. The van der Waals surface area contributed by atoms with Crippen LogP contribution < -0.4 is 0 Å². The van der Waals surface area contributed by atoms with Gasteiger partial charge in [0.15, 0.2) is 5.78 Å². The zero-order valence-electron chi connectivity index (χ0n) is 7.16. The molecule has 2 aliphatic heterocycles. The van der Waals surface area contributed by atoms with Crippen LogP contribution in [0.1, 0.15) is 20.3 Å². The van der Waals surface area contributed by atoms with Gasteiger partial charge in [-0.05, 0) is 13.8 Å². The first-order chi connectivity index (χ1) is 5.50. The summed E-state index contributed by atoms with van der Waals surface area (Å²) in [5, 5.41) is 0. The third kappa shape index (κ3) is 0.876. The minimum atomic E-state index is -0.706. The van der Waals surface area contributed by atoms with Crippen molar-refractivity contribution >= 4 is 11.7 Å². The van der Waals surface area contributed by atoms with Crippen molar-refractivity contribution in [1.82, 2.24) is 4.90 Å². The SMILES string of the molecule is CC1(C)O[C@@H]2CC(=O)N2CC1=O. The molecule has 0 aromatic carbocycles. The van der Waals surface area contributed by atoms with E-state index in [1.165, 1.54) is 4.90 Å². The van der Waals surface area contributed by atoms with E-state index in [2.05, 4.69) is 0 Å². The number of amides is 1. The van der Waals surface area contributed by atoms with Gasteiger partial charge in [0, 0.05) is 0 Å². The van der Waals surface area contributed by atoms with Crippen LogP contribution in [0.5, 0.6) is 0 Å². The number of ether oxygens (including phenoxy) is 1. The molecule has 0 spiro atoms. The van der Waals surface area contributed by atoms with Gasteiger partial charge in [0.1, 0.15) is 11.8 Å². The molecule has 0 radical (unpaired) electrons. The number of fused-ring (bicyclic) bond motifs is 1. The number of carbonyl (C=O) groups is 2. The fourth-order valence-electron chi connectivity index (χ4n) is 1.47. The Balaban J connectivity index is 2.15. The highest BCUT2D eigenvalue weighted by molar-refractivity contribution is 5.95. The predicted octanol–water partition coefficient (Wildman–Crippen LogP) is -0.0773. The Morgan fingerprint density at radius 2 is 2.17 bits per heavy atom. The van der Waals surface area contributed by atoms with Crippen LogP contribution in [-0.2, 0) is 14.3 Å². The van der Waals surface area contributed by atoms with E-state index in [9.17, 15) is 9.59 Å². The molecule has 1 amide bonds. The first-order valence-corrected chi connectivity index (χ1v) is 4.01. The van der Waals surface area contributed by atoms with E-state index in [1.807, 2.05) is 0 Å². The number of nitrogens with zero attached hydrogens (tertiary/aromatic N) is 1. The zero-order valence-corrected chi connectivity index (χ0v) is 7.16. The molecule has 0 aromatic heterocycles. The molecule has 0 aliphatic carbocycles. The van der Waals surface area contributed by atoms with Crippen LogP contribution in [0.3, 0.4) is 0 Å². The number of carbonyl (C=O) groups excluding carboxylic acids is 2. The van der Waals surface area contributed by atoms with Gasteiger partial charge in [0.2, 0.25) is 5.91 Å². The topological polar surface area (TPSA) is 46.6 Å². The van der Waals surface area contributed by atoms with Crippen LogP contribution in [0.2, 0.25) is 0 Å². The second-order valence-corrected chi connectivity index (χ2v) is 3.73. The van der Waals surface area contributed by atoms with Gasteiger partial charge < -0.3 is 9.64 Å². The van der Waals surface area contributed by atoms with Gasteiger partial charge in [-0.1, -0.05) is 0 Å². The van der Waals surface area contributed by atoms with Crippen molar-refractivity contribution in [3.05, 3.63) is 0 Å². The molecule has 1 atom stereocenters. The van der Waals surface area contributed by atoms with Gasteiger partial charge in [-0.3, -0.25) is 9.59 Å². The summed E-state index contributed by atoms with van der Waals surface area (Å²) in [7, 11) is 0. The largest absolute Gasteiger partial charge is 0.344 e. The minimum Gasteiger partial charge on any atom is -0.344 e. The first kappa shape index (κ1) is 7.73. The molecule has 2 fully saturated rings. The normalized spacial score (nSPS) is 32.8. The van der Waals surface area contributed by atoms with Crippen molar-refractivity contribution in [3.8, 4) is 0 Å². The van der Waals surface area contributed by atoms with Crippen LogP contribution in [0.15, 0.2) is 0 Å². The van der Waals surface area contributed by atoms with E-state index in [0.717, 1.165) is 0 Å². The Kier molecular flexibility index (Phi) is 1.33. The average molecular weight is 169 g/mol. The lowest BCUT2D eigenvalue weighted by Crippen LogP contribution is -2.65. The number of hydrogen-bond acceptors (Lipinski definition) is 3. The summed E-state index contributed by atoms with van der Waals surface area (Å²) >= 11 is 0. The molecule has 12 heavy (non-hydrogen) atoms. The van der Waals surface area contributed by atoms with Gasteiger partial charge in [-0.25, -0.2) is 0 Å². The number of rotatable bonds is 0. The number of hydrogen-bond donors (Lipinski definition) is 0. The summed E-state index contributed by atoms with van der Waals surface area (Å²) < 4.78 is 5.41. The Hall–Kier alpha value is -0.900. The molecule has 2 rings (SSSR count). The number of ketones is 1. The molecule has 66 valence electrons. The maximum Gasteiger partial charge on any atom is 0.229 e. The van der Waals surface area contributed by atoms with Gasteiger partial charge in [0.05, 0.1) is 13.0 Å². The lowest BCUT2D eigenvalue weighted by atomic mass is 9.97. The summed E-state index contributed by atoms with van der Waals surface area (Å²) in [6.45, 7) is 3.71. The van der Waals surface area contributed by atoms with Gasteiger partial charge in [-0.15, -0.1) is 0 Å².